The maximum atomic E-state index is 12.5. The van der Waals surface area contributed by atoms with E-state index < -0.39 is 0 Å². The Hall–Kier alpha value is -2.65. The summed E-state index contributed by atoms with van der Waals surface area (Å²) in [5.41, 5.74) is 3.37. The van der Waals surface area contributed by atoms with E-state index in [0.717, 1.165) is 58.5 Å². The number of amides is 1. The zero-order valence-electron chi connectivity index (χ0n) is 18.5. The zero-order valence-corrected chi connectivity index (χ0v) is 20.1. The van der Waals surface area contributed by atoms with Gasteiger partial charge in [0.05, 0.1) is 18.2 Å². The molecule has 33 heavy (non-hydrogen) atoms. The van der Waals surface area contributed by atoms with Crippen molar-refractivity contribution >= 4 is 44.9 Å². The number of nitrogens with zero attached hydrogens (tertiary/aromatic N) is 4. The van der Waals surface area contributed by atoms with E-state index in [1.165, 1.54) is 40.4 Å². The molecular formula is C24H25N5O2S2. The minimum absolute atomic E-state index is 0.0255. The van der Waals surface area contributed by atoms with Crippen molar-refractivity contribution in [2.45, 2.75) is 56.1 Å². The van der Waals surface area contributed by atoms with Gasteiger partial charge in [-0.2, -0.15) is 0 Å². The Morgan fingerprint density at radius 1 is 1.21 bits per heavy atom. The molecule has 3 aromatic heterocycles. The quantitative estimate of drug-likeness (QED) is 0.393. The highest BCUT2D eigenvalue weighted by molar-refractivity contribution is 7.99. The van der Waals surface area contributed by atoms with E-state index in [2.05, 4.69) is 19.9 Å². The summed E-state index contributed by atoms with van der Waals surface area (Å²) in [6.45, 7) is 0.487. The van der Waals surface area contributed by atoms with Gasteiger partial charge in [-0.05, 0) is 61.8 Å². The Morgan fingerprint density at radius 2 is 2.03 bits per heavy atom. The topological polar surface area (TPSA) is 81.4 Å². The Bertz CT molecular complexity index is 1340. The number of ether oxygens (including phenoxy) is 1. The predicted octanol–water partition coefficient (Wildman–Crippen LogP) is 4.51. The van der Waals surface area contributed by atoms with E-state index >= 15 is 0 Å². The van der Waals surface area contributed by atoms with E-state index in [0.29, 0.717) is 18.2 Å². The van der Waals surface area contributed by atoms with Crippen LogP contribution in [0.2, 0.25) is 0 Å². The molecule has 0 unspecified atom stereocenters. The number of fused-ring (bicyclic) bond motifs is 5. The molecular weight excluding hydrogens is 454 g/mol. The smallest absolute Gasteiger partial charge is 0.230 e. The molecule has 6 rings (SSSR count). The number of aryl methyl sites for hydroxylation is 2. The standard InChI is InChI=1S/C24H25N5O2S2/c1-31-16-10-6-14(7-11-16)12-25-19(30)13-32-24-28-27-22-20-17-4-2-3-5-18(17)33-23(20)26-21(29(22)24)15-8-9-15/h6-7,10-11,15H,2-5,8-9,12-13H2,1H3,(H,25,30). The molecule has 1 N–H and O–H groups in total. The largest absolute Gasteiger partial charge is 0.497 e. The van der Waals surface area contributed by atoms with Gasteiger partial charge in [0.1, 0.15) is 16.4 Å². The maximum Gasteiger partial charge on any atom is 0.230 e. The average molecular weight is 480 g/mol. The fourth-order valence-corrected chi connectivity index (χ4v) is 6.52. The highest BCUT2D eigenvalue weighted by Gasteiger charge is 2.32. The van der Waals surface area contributed by atoms with Crippen molar-refractivity contribution in [2.75, 3.05) is 12.9 Å². The lowest BCUT2D eigenvalue weighted by Gasteiger charge is -2.11. The monoisotopic (exact) mass is 479 g/mol. The summed E-state index contributed by atoms with van der Waals surface area (Å²) in [4.78, 5) is 20.2. The molecule has 0 bridgehead atoms. The Labute approximate surface area is 200 Å². The molecule has 9 heteroatoms. The van der Waals surface area contributed by atoms with Crippen LogP contribution in [-0.4, -0.2) is 38.4 Å². The van der Waals surface area contributed by atoms with E-state index in [1.807, 2.05) is 35.6 Å². The van der Waals surface area contributed by atoms with Gasteiger partial charge in [-0.15, -0.1) is 21.5 Å². The fraction of sp³-hybridized carbons (Fsp3) is 0.417. The average Bonchev–Trinajstić information content (AvgIpc) is 3.50. The number of benzene rings is 1. The molecule has 2 aliphatic rings. The summed E-state index contributed by atoms with van der Waals surface area (Å²) in [7, 11) is 1.64. The molecule has 1 fully saturated rings. The van der Waals surface area contributed by atoms with Crippen LogP contribution in [0.4, 0.5) is 0 Å². The van der Waals surface area contributed by atoms with Crippen LogP contribution in [0.5, 0.6) is 5.75 Å². The van der Waals surface area contributed by atoms with Crippen molar-refractivity contribution < 1.29 is 9.53 Å². The minimum Gasteiger partial charge on any atom is -0.497 e. The van der Waals surface area contributed by atoms with Crippen LogP contribution in [0, 0.1) is 0 Å². The molecule has 1 saturated carbocycles. The molecule has 0 radical (unpaired) electrons. The predicted molar refractivity (Wildman–Crippen MR) is 130 cm³/mol. The zero-order chi connectivity index (χ0) is 22.4. The van der Waals surface area contributed by atoms with Crippen LogP contribution < -0.4 is 10.1 Å². The molecule has 2 aliphatic carbocycles. The van der Waals surface area contributed by atoms with E-state index in [-0.39, 0.29) is 5.91 Å². The lowest BCUT2D eigenvalue weighted by molar-refractivity contribution is -0.118. The summed E-state index contributed by atoms with van der Waals surface area (Å²) in [6.07, 6.45) is 7.03. The first-order chi connectivity index (χ1) is 16.2. The van der Waals surface area contributed by atoms with Crippen molar-refractivity contribution in [3.05, 3.63) is 46.1 Å². The Kier molecular flexibility index (Phi) is 5.46. The molecule has 7 nitrogen and oxygen atoms in total. The highest BCUT2D eigenvalue weighted by Crippen LogP contribution is 2.44. The van der Waals surface area contributed by atoms with Gasteiger partial charge in [-0.1, -0.05) is 23.9 Å². The number of nitrogens with one attached hydrogen (secondary N) is 1. The fourth-order valence-electron chi connectivity index (χ4n) is 4.49. The molecule has 1 amide bonds. The molecule has 0 spiro atoms. The molecule has 0 atom stereocenters. The summed E-state index contributed by atoms with van der Waals surface area (Å²) in [6, 6.07) is 7.71. The lowest BCUT2D eigenvalue weighted by atomic mass is 9.97. The normalized spacial score (nSPS) is 15.7. The number of aromatic nitrogens is 4. The van der Waals surface area contributed by atoms with Gasteiger partial charge in [0.15, 0.2) is 10.8 Å². The van der Waals surface area contributed by atoms with Crippen LogP contribution in [0.3, 0.4) is 0 Å². The summed E-state index contributed by atoms with van der Waals surface area (Å²) >= 11 is 3.27. The summed E-state index contributed by atoms with van der Waals surface area (Å²) in [5.74, 6) is 2.60. The Morgan fingerprint density at radius 3 is 2.82 bits per heavy atom. The van der Waals surface area contributed by atoms with Crippen LogP contribution in [0.1, 0.15) is 53.4 Å². The first kappa shape index (κ1) is 20.9. The van der Waals surface area contributed by atoms with Crippen LogP contribution >= 0.6 is 23.1 Å². The third-order valence-electron chi connectivity index (χ3n) is 6.38. The number of rotatable bonds is 7. The molecule has 170 valence electrons. The van der Waals surface area contributed by atoms with Gasteiger partial charge in [0.2, 0.25) is 5.91 Å². The van der Waals surface area contributed by atoms with Gasteiger partial charge in [0, 0.05) is 17.3 Å². The maximum absolute atomic E-state index is 12.5. The van der Waals surface area contributed by atoms with Crippen molar-refractivity contribution in [3.8, 4) is 5.75 Å². The second-order valence-corrected chi connectivity index (χ2v) is 10.7. The number of hydrogen-bond donors (Lipinski definition) is 1. The number of hydrogen-bond acceptors (Lipinski definition) is 7. The Balaban J connectivity index is 1.23. The third-order valence-corrected chi connectivity index (χ3v) is 8.49. The molecule has 0 aliphatic heterocycles. The minimum atomic E-state index is -0.0255. The van der Waals surface area contributed by atoms with Gasteiger partial charge in [0.25, 0.3) is 0 Å². The summed E-state index contributed by atoms with van der Waals surface area (Å²) < 4.78 is 7.31. The van der Waals surface area contributed by atoms with Crippen LogP contribution in [-0.2, 0) is 24.2 Å². The van der Waals surface area contributed by atoms with Crippen LogP contribution in [0.25, 0.3) is 15.9 Å². The van der Waals surface area contributed by atoms with Gasteiger partial charge < -0.3 is 10.1 Å². The lowest BCUT2D eigenvalue weighted by Crippen LogP contribution is -2.24. The number of carbonyl (C=O) groups is 1. The molecule has 1 aromatic carbocycles. The number of thiophene rings is 1. The number of carbonyl (C=O) groups excluding carboxylic acids is 1. The highest BCUT2D eigenvalue weighted by atomic mass is 32.2. The van der Waals surface area contributed by atoms with Gasteiger partial charge >= 0.3 is 0 Å². The van der Waals surface area contributed by atoms with Crippen molar-refractivity contribution in [1.29, 1.82) is 0 Å². The number of thioether (sulfide) groups is 1. The van der Waals surface area contributed by atoms with Crippen molar-refractivity contribution in [1.82, 2.24) is 24.9 Å². The molecule has 4 aromatic rings. The van der Waals surface area contributed by atoms with Gasteiger partial charge in [-0.3, -0.25) is 9.20 Å². The summed E-state index contributed by atoms with van der Waals surface area (Å²) in [5, 5.41) is 14.0. The number of methoxy groups -OCH3 is 1. The first-order valence-electron chi connectivity index (χ1n) is 11.4. The van der Waals surface area contributed by atoms with E-state index in [4.69, 9.17) is 9.72 Å². The van der Waals surface area contributed by atoms with E-state index in [1.54, 1.807) is 7.11 Å². The van der Waals surface area contributed by atoms with Crippen LogP contribution in [0.15, 0.2) is 29.4 Å². The SMILES string of the molecule is COc1ccc(CNC(=O)CSc2nnc3c4c5c(sc4nc(C4CC4)n23)CCCC5)cc1. The first-order valence-corrected chi connectivity index (χ1v) is 13.2. The van der Waals surface area contributed by atoms with Crippen molar-refractivity contribution in [2.24, 2.45) is 0 Å². The van der Waals surface area contributed by atoms with Crippen molar-refractivity contribution in [3.63, 3.8) is 0 Å². The van der Waals surface area contributed by atoms with Gasteiger partial charge in [-0.25, -0.2) is 4.98 Å². The van der Waals surface area contributed by atoms with E-state index in [9.17, 15) is 4.79 Å². The second-order valence-electron chi connectivity index (χ2n) is 8.69. The third kappa shape index (κ3) is 3.97. The molecule has 3 heterocycles. The molecule has 0 saturated heterocycles. The second kappa shape index (κ2) is 8.61.